The van der Waals surface area contributed by atoms with Gasteiger partial charge in [0.05, 0.1) is 31.8 Å². The van der Waals surface area contributed by atoms with E-state index in [0.29, 0.717) is 49.1 Å². The lowest BCUT2D eigenvalue weighted by atomic mass is 10.1. The number of hydrogen-bond acceptors (Lipinski definition) is 12. The van der Waals surface area contributed by atoms with Gasteiger partial charge in [0.1, 0.15) is 16.5 Å². The molecule has 0 aromatic carbocycles. The van der Waals surface area contributed by atoms with Crippen molar-refractivity contribution >= 4 is 57.8 Å². The standard InChI is InChI=1S/C21H26N8O6S/c1-3-35-15(32)8-12-17(28-6-4-22-13(30)9-28)25-20(26-18(12)29-7-5-23-14(31)10-29)27-21-24-11(2)16(36-21)19(33)34/h3-10H2,1-2H3,(H,22,30)(H,23,31)(H,33,34)(H,24,25,26,27). The average Bonchev–Trinajstić information content (AvgIpc) is 3.20. The number of ether oxygens (including phenoxy) is 1. The van der Waals surface area contributed by atoms with E-state index in [9.17, 15) is 24.3 Å². The number of aromatic carboxylic acids is 1. The van der Waals surface area contributed by atoms with Crippen LogP contribution in [0.15, 0.2) is 0 Å². The van der Waals surface area contributed by atoms with Crippen LogP contribution in [0, 0.1) is 6.92 Å². The number of nitrogens with one attached hydrogen (secondary N) is 3. The molecule has 2 aliphatic rings. The summed E-state index contributed by atoms with van der Waals surface area (Å²) in [5.74, 6) is -1.19. The number of anilines is 4. The summed E-state index contributed by atoms with van der Waals surface area (Å²) in [4.78, 5) is 65.3. The van der Waals surface area contributed by atoms with Crippen molar-refractivity contribution in [1.29, 1.82) is 0 Å². The number of aromatic nitrogens is 3. The number of hydrogen-bond donors (Lipinski definition) is 4. The van der Waals surface area contributed by atoms with Crippen LogP contribution in [-0.4, -0.2) is 89.7 Å². The monoisotopic (exact) mass is 518 g/mol. The number of aryl methyl sites for hydroxylation is 1. The minimum absolute atomic E-state index is 0.0196. The summed E-state index contributed by atoms with van der Waals surface area (Å²) < 4.78 is 5.17. The molecular formula is C21H26N8O6S. The number of amides is 2. The topological polar surface area (TPSA) is 179 Å². The number of carbonyl (C=O) groups excluding carboxylic acids is 3. The summed E-state index contributed by atoms with van der Waals surface area (Å²) in [5.41, 5.74) is 0.778. The van der Waals surface area contributed by atoms with Crippen molar-refractivity contribution in [2.24, 2.45) is 0 Å². The first-order valence-corrected chi connectivity index (χ1v) is 12.1. The van der Waals surface area contributed by atoms with Gasteiger partial charge in [-0.2, -0.15) is 9.97 Å². The van der Waals surface area contributed by atoms with E-state index in [-0.39, 0.29) is 53.9 Å². The van der Waals surface area contributed by atoms with Crippen molar-refractivity contribution in [3.63, 3.8) is 0 Å². The lowest BCUT2D eigenvalue weighted by Crippen LogP contribution is -2.50. The largest absolute Gasteiger partial charge is 0.477 e. The van der Waals surface area contributed by atoms with Crippen molar-refractivity contribution < 1.29 is 29.0 Å². The smallest absolute Gasteiger partial charge is 0.347 e. The predicted molar refractivity (Wildman–Crippen MR) is 130 cm³/mol. The third-order valence-electron chi connectivity index (χ3n) is 5.48. The number of piperazine rings is 2. The second-order valence-electron chi connectivity index (χ2n) is 8.06. The van der Waals surface area contributed by atoms with Crippen LogP contribution in [-0.2, 0) is 25.5 Å². The van der Waals surface area contributed by atoms with Gasteiger partial charge in [-0.05, 0) is 13.8 Å². The molecule has 0 saturated carbocycles. The molecule has 4 rings (SSSR count). The Kier molecular flexibility index (Phi) is 7.47. The number of thiazole rings is 1. The average molecular weight is 519 g/mol. The molecule has 2 amide bonds. The molecular weight excluding hydrogens is 492 g/mol. The highest BCUT2D eigenvalue weighted by Crippen LogP contribution is 2.32. The Morgan fingerprint density at radius 2 is 1.64 bits per heavy atom. The van der Waals surface area contributed by atoms with E-state index >= 15 is 0 Å². The summed E-state index contributed by atoms with van der Waals surface area (Å²) >= 11 is 0.936. The molecule has 36 heavy (non-hydrogen) atoms. The van der Waals surface area contributed by atoms with Gasteiger partial charge in [0.15, 0.2) is 5.13 Å². The molecule has 2 aromatic rings. The predicted octanol–water partition coefficient (Wildman–Crippen LogP) is -0.339. The fourth-order valence-electron chi connectivity index (χ4n) is 3.94. The summed E-state index contributed by atoms with van der Waals surface area (Å²) in [5, 5.41) is 18.1. The molecule has 2 fully saturated rings. The molecule has 0 spiro atoms. The molecule has 14 nitrogen and oxygen atoms in total. The van der Waals surface area contributed by atoms with Crippen LogP contribution in [0.5, 0.6) is 0 Å². The first-order valence-electron chi connectivity index (χ1n) is 11.3. The molecule has 0 atom stereocenters. The first kappa shape index (κ1) is 25.1. The van der Waals surface area contributed by atoms with E-state index in [1.165, 1.54) is 0 Å². The normalized spacial score (nSPS) is 15.8. The SMILES string of the molecule is CCOC(=O)Cc1c(N2CCNC(=O)C2)nc(Nc2nc(C)c(C(=O)O)s2)nc1N1CCNC(=O)C1. The lowest BCUT2D eigenvalue weighted by molar-refractivity contribution is -0.142. The third-order valence-corrected chi connectivity index (χ3v) is 6.54. The molecule has 0 bridgehead atoms. The highest BCUT2D eigenvalue weighted by Gasteiger charge is 2.30. The fraction of sp³-hybridized carbons (Fsp3) is 0.476. The number of nitrogens with zero attached hydrogens (tertiary/aromatic N) is 5. The quantitative estimate of drug-likeness (QED) is 0.335. The third kappa shape index (κ3) is 5.62. The molecule has 2 saturated heterocycles. The Morgan fingerprint density at radius 1 is 1.06 bits per heavy atom. The Morgan fingerprint density at radius 3 is 2.11 bits per heavy atom. The molecule has 2 aliphatic heterocycles. The molecule has 15 heteroatoms. The molecule has 4 N–H and O–H groups in total. The zero-order valence-electron chi connectivity index (χ0n) is 19.8. The molecule has 0 aliphatic carbocycles. The first-order chi connectivity index (χ1) is 17.2. The van der Waals surface area contributed by atoms with Gasteiger partial charge in [0.25, 0.3) is 0 Å². The molecule has 4 heterocycles. The molecule has 0 radical (unpaired) electrons. The highest BCUT2D eigenvalue weighted by atomic mass is 32.1. The zero-order chi connectivity index (χ0) is 25.8. The van der Waals surface area contributed by atoms with E-state index in [1.807, 2.05) is 0 Å². The molecule has 0 unspecified atom stereocenters. The minimum Gasteiger partial charge on any atom is -0.477 e. The fourth-order valence-corrected chi connectivity index (χ4v) is 4.74. The maximum atomic E-state index is 12.5. The summed E-state index contributed by atoms with van der Waals surface area (Å²) in [6.45, 7) is 5.18. The number of carboxylic acid groups (broad SMARTS) is 1. The number of carboxylic acids is 1. The van der Waals surface area contributed by atoms with E-state index in [0.717, 1.165) is 11.3 Å². The number of carbonyl (C=O) groups is 4. The van der Waals surface area contributed by atoms with E-state index in [1.54, 1.807) is 23.6 Å². The Labute approximate surface area is 210 Å². The van der Waals surface area contributed by atoms with Crippen molar-refractivity contribution in [2.45, 2.75) is 20.3 Å². The maximum Gasteiger partial charge on any atom is 0.347 e. The maximum absolute atomic E-state index is 12.5. The van der Waals surface area contributed by atoms with Crippen LogP contribution in [0.1, 0.15) is 27.9 Å². The minimum atomic E-state index is -1.09. The van der Waals surface area contributed by atoms with E-state index in [4.69, 9.17) is 4.74 Å². The van der Waals surface area contributed by atoms with Crippen molar-refractivity contribution in [3.05, 3.63) is 16.1 Å². The van der Waals surface area contributed by atoms with Crippen LogP contribution < -0.4 is 25.8 Å². The number of rotatable bonds is 8. The second-order valence-corrected chi connectivity index (χ2v) is 9.06. The van der Waals surface area contributed by atoms with Gasteiger partial charge in [-0.15, -0.1) is 0 Å². The summed E-state index contributed by atoms with van der Waals surface area (Å²) in [6.07, 6.45) is -0.158. The highest BCUT2D eigenvalue weighted by molar-refractivity contribution is 7.17. The van der Waals surface area contributed by atoms with Crippen LogP contribution in [0.2, 0.25) is 0 Å². The second kappa shape index (κ2) is 10.7. The number of esters is 1. The van der Waals surface area contributed by atoms with Crippen LogP contribution >= 0.6 is 11.3 Å². The van der Waals surface area contributed by atoms with Gasteiger partial charge in [-0.1, -0.05) is 11.3 Å². The molecule has 2 aromatic heterocycles. The van der Waals surface area contributed by atoms with Crippen LogP contribution in [0.3, 0.4) is 0 Å². The van der Waals surface area contributed by atoms with Gasteiger partial charge in [0.2, 0.25) is 17.8 Å². The Bertz CT molecular complexity index is 1150. The molecule has 192 valence electrons. The van der Waals surface area contributed by atoms with Gasteiger partial charge in [0, 0.05) is 31.7 Å². The Balaban J connectivity index is 1.81. The van der Waals surface area contributed by atoms with Crippen LogP contribution in [0.4, 0.5) is 22.7 Å². The van der Waals surface area contributed by atoms with Gasteiger partial charge in [-0.3, -0.25) is 19.7 Å². The van der Waals surface area contributed by atoms with E-state index < -0.39 is 11.9 Å². The van der Waals surface area contributed by atoms with E-state index in [2.05, 4.69) is 30.9 Å². The van der Waals surface area contributed by atoms with Gasteiger partial charge in [-0.25, -0.2) is 9.78 Å². The summed E-state index contributed by atoms with van der Waals surface area (Å²) in [7, 11) is 0. The van der Waals surface area contributed by atoms with Gasteiger partial charge >= 0.3 is 11.9 Å². The van der Waals surface area contributed by atoms with Crippen molar-refractivity contribution in [3.8, 4) is 0 Å². The Hall–Kier alpha value is -4.01. The van der Waals surface area contributed by atoms with Gasteiger partial charge < -0.3 is 30.3 Å². The lowest BCUT2D eigenvalue weighted by Gasteiger charge is -2.33. The zero-order valence-corrected chi connectivity index (χ0v) is 20.6. The van der Waals surface area contributed by atoms with Crippen molar-refractivity contribution in [2.75, 3.05) is 61.0 Å². The van der Waals surface area contributed by atoms with Crippen LogP contribution in [0.25, 0.3) is 0 Å². The summed E-state index contributed by atoms with van der Waals surface area (Å²) in [6, 6.07) is 0. The van der Waals surface area contributed by atoms with Crippen molar-refractivity contribution in [1.82, 2.24) is 25.6 Å².